The Hall–Kier alpha value is -3.12. The van der Waals surface area contributed by atoms with Crippen LogP contribution in [-0.2, 0) is 6.42 Å². The van der Waals surface area contributed by atoms with Crippen LogP contribution in [0.5, 0.6) is 5.75 Å². The highest BCUT2D eigenvalue weighted by Crippen LogP contribution is 2.36. The van der Waals surface area contributed by atoms with E-state index in [4.69, 9.17) is 22.1 Å². The second-order valence-electron chi connectivity index (χ2n) is 5.84. The van der Waals surface area contributed by atoms with E-state index in [1.165, 1.54) is 7.11 Å². The van der Waals surface area contributed by atoms with Crippen LogP contribution in [0.2, 0.25) is 5.02 Å². The Bertz CT molecular complexity index is 977. The number of carbonyl (C=O) groups is 1. The van der Waals surface area contributed by atoms with Crippen molar-refractivity contribution >= 4 is 23.4 Å². The zero-order chi connectivity index (χ0) is 19.4. The van der Waals surface area contributed by atoms with E-state index < -0.39 is 6.03 Å². The molecule has 0 aliphatic carbocycles. The summed E-state index contributed by atoms with van der Waals surface area (Å²) in [7, 11) is 1.50. The van der Waals surface area contributed by atoms with E-state index in [2.05, 4.69) is 10.3 Å². The Balaban J connectivity index is 1.95. The monoisotopic (exact) mass is 385 g/mol. The Morgan fingerprint density at radius 2 is 2.07 bits per heavy atom. The van der Waals surface area contributed by atoms with E-state index in [1.54, 1.807) is 54.7 Å². The number of urea groups is 1. The summed E-state index contributed by atoms with van der Waals surface area (Å²) in [5.41, 5.74) is 7.32. The largest absolute Gasteiger partial charge is 0.496 e. The normalized spacial score (nSPS) is 10.5. The number of nitrogens with zero attached hydrogens (tertiary/aromatic N) is 1. The number of rotatable bonds is 5. The van der Waals surface area contributed by atoms with E-state index in [0.717, 1.165) is 5.56 Å². The van der Waals surface area contributed by atoms with Crippen LogP contribution in [0.25, 0.3) is 11.1 Å². The number of pyridine rings is 1. The van der Waals surface area contributed by atoms with Crippen molar-refractivity contribution in [1.29, 1.82) is 0 Å². The number of hydrogen-bond acceptors (Lipinski definition) is 3. The topological polar surface area (TPSA) is 77.2 Å². The molecule has 0 saturated carbocycles. The van der Waals surface area contributed by atoms with Crippen LogP contribution in [-0.4, -0.2) is 18.1 Å². The summed E-state index contributed by atoms with van der Waals surface area (Å²) in [6, 6.07) is 13.0. The van der Waals surface area contributed by atoms with E-state index in [9.17, 15) is 4.79 Å². The number of ether oxygens (including phenoxy) is 1. The summed E-state index contributed by atoms with van der Waals surface area (Å²) in [4.78, 5) is 14.9. The van der Waals surface area contributed by atoms with Crippen LogP contribution in [0.15, 0.2) is 54.7 Å². The Kier molecular flexibility index (Phi) is 5.57. The van der Waals surface area contributed by atoms with Crippen LogP contribution in [0.3, 0.4) is 0 Å². The van der Waals surface area contributed by atoms with Gasteiger partial charge in [-0.05, 0) is 41.0 Å². The second kappa shape index (κ2) is 8.05. The summed E-state index contributed by atoms with van der Waals surface area (Å²) in [6.07, 6.45) is 1.89. The predicted molar refractivity (Wildman–Crippen MR) is 104 cm³/mol. The highest BCUT2D eigenvalue weighted by atomic mass is 35.5. The average Bonchev–Trinajstić information content (AvgIpc) is 2.64. The molecule has 0 atom stereocenters. The number of methoxy groups -OCH3 is 1. The molecule has 0 spiro atoms. The molecular weight excluding hydrogens is 369 g/mol. The number of primary amides is 1. The first kappa shape index (κ1) is 18.7. The number of carbonyl (C=O) groups excluding carboxylic acids is 1. The number of aromatic nitrogens is 1. The molecule has 3 aromatic rings. The summed E-state index contributed by atoms with van der Waals surface area (Å²) >= 11 is 6.05. The Morgan fingerprint density at radius 3 is 2.70 bits per heavy atom. The van der Waals surface area contributed by atoms with Crippen molar-refractivity contribution in [3.05, 3.63) is 76.7 Å². The molecule has 0 aliphatic heterocycles. The molecule has 2 amide bonds. The number of anilines is 1. The minimum absolute atomic E-state index is 0.327. The van der Waals surface area contributed by atoms with Crippen molar-refractivity contribution in [2.24, 2.45) is 5.73 Å². The number of amides is 2. The van der Waals surface area contributed by atoms with Crippen molar-refractivity contribution in [3.8, 4) is 16.9 Å². The summed E-state index contributed by atoms with van der Waals surface area (Å²) in [5.74, 6) is 0.384. The van der Waals surface area contributed by atoms with Crippen LogP contribution < -0.4 is 15.8 Å². The standard InChI is InChI=1S/C20H17ClFN3O2/c1-27-16-7-6-14(9-12-5-8-17(24-11-12)25-20(23)26)19(22)18(16)13-3-2-4-15(21)10-13/h2-8,10-11H,9H2,1H3,(H3,23,24,25,26). The molecule has 3 N–H and O–H groups in total. The maximum atomic E-state index is 15.3. The average molecular weight is 386 g/mol. The van der Waals surface area contributed by atoms with Crippen molar-refractivity contribution in [3.63, 3.8) is 0 Å². The van der Waals surface area contributed by atoms with Crippen LogP contribution in [0.1, 0.15) is 11.1 Å². The molecule has 0 unspecified atom stereocenters. The predicted octanol–water partition coefficient (Wildman–Crippen LogP) is 4.63. The molecule has 1 aromatic heterocycles. The van der Waals surface area contributed by atoms with E-state index >= 15 is 4.39 Å². The molecule has 27 heavy (non-hydrogen) atoms. The number of nitrogens with one attached hydrogen (secondary N) is 1. The third-order valence-corrected chi connectivity index (χ3v) is 4.22. The molecule has 1 heterocycles. The molecule has 138 valence electrons. The van der Waals surface area contributed by atoms with E-state index in [-0.39, 0.29) is 5.82 Å². The molecule has 2 aromatic carbocycles. The van der Waals surface area contributed by atoms with Gasteiger partial charge in [-0.25, -0.2) is 14.2 Å². The minimum atomic E-state index is -0.692. The highest BCUT2D eigenvalue weighted by molar-refractivity contribution is 6.30. The van der Waals surface area contributed by atoms with Crippen molar-refractivity contribution in [2.75, 3.05) is 12.4 Å². The fourth-order valence-electron chi connectivity index (χ4n) is 2.77. The molecule has 0 saturated heterocycles. The quantitative estimate of drug-likeness (QED) is 0.672. The van der Waals surface area contributed by atoms with Crippen molar-refractivity contribution in [2.45, 2.75) is 6.42 Å². The first-order chi connectivity index (χ1) is 13.0. The summed E-state index contributed by atoms with van der Waals surface area (Å²) < 4.78 is 20.6. The van der Waals surface area contributed by atoms with E-state index in [0.29, 0.717) is 39.7 Å². The lowest BCUT2D eigenvalue weighted by atomic mass is 9.97. The van der Waals surface area contributed by atoms with Crippen LogP contribution in [0.4, 0.5) is 15.0 Å². The molecule has 5 nitrogen and oxygen atoms in total. The van der Waals surface area contributed by atoms with Crippen molar-refractivity contribution in [1.82, 2.24) is 4.98 Å². The SMILES string of the molecule is COc1ccc(Cc2ccc(NC(N)=O)nc2)c(F)c1-c1cccc(Cl)c1. The van der Waals surface area contributed by atoms with Gasteiger partial charge in [0, 0.05) is 17.6 Å². The lowest BCUT2D eigenvalue weighted by molar-refractivity contribution is 0.259. The molecule has 7 heteroatoms. The van der Waals surface area contributed by atoms with Gasteiger partial charge < -0.3 is 10.5 Å². The van der Waals surface area contributed by atoms with Gasteiger partial charge in [-0.2, -0.15) is 0 Å². The van der Waals surface area contributed by atoms with Gasteiger partial charge >= 0.3 is 6.03 Å². The lowest BCUT2D eigenvalue weighted by Gasteiger charge is -2.14. The highest BCUT2D eigenvalue weighted by Gasteiger charge is 2.17. The zero-order valence-corrected chi connectivity index (χ0v) is 15.3. The van der Waals surface area contributed by atoms with Gasteiger partial charge in [0.2, 0.25) is 0 Å². The lowest BCUT2D eigenvalue weighted by Crippen LogP contribution is -2.19. The molecular formula is C20H17ClFN3O2. The van der Waals surface area contributed by atoms with Gasteiger partial charge in [0.05, 0.1) is 12.7 Å². The molecule has 0 fully saturated rings. The van der Waals surface area contributed by atoms with Gasteiger partial charge in [0.1, 0.15) is 17.4 Å². The zero-order valence-electron chi connectivity index (χ0n) is 14.5. The maximum Gasteiger partial charge on any atom is 0.317 e. The van der Waals surface area contributed by atoms with Crippen LogP contribution in [0, 0.1) is 5.82 Å². The smallest absolute Gasteiger partial charge is 0.317 e. The van der Waals surface area contributed by atoms with E-state index in [1.807, 2.05) is 0 Å². The number of halogens is 2. The van der Waals surface area contributed by atoms with Gasteiger partial charge in [0.15, 0.2) is 0 Å². The van der Waals surface area contributed by atoms with Crippen LogP contribution >= 0.6 is 11.6 Å². The third kappa shape index (κ3) is 4.35. The van der Waals surface area contributed by atoms with Gasteiger partial charge in [-0.15, -0.1) is 0 Å². The summed E-state index contributed by atoms with van der Waals surface area (Å²) in [5, 5.41) is 2.90. The van der Waals surface area contributed by atoms with Gasteiger partial charge in [-0.1, -0.05) is 35.9 Å². The first-order valence-corrected chi connectivity index (χ1v) is 8.48. The Morgan fingerprint density at radius 1 is 1.26 bits per heavy atom. The first-order valence-electron chi connectivity index (χ1n) is 8.10. The number of nitrogens with two attached hydrogens (primary N) is 1. The minimum Gasteiger partial charge on any atom is -0.496 e. The maximum absolute atomic E-state index is 15.3. The number of benzene rings is 2. The third-order valence-electron chi connectivity index (χ3n) is 3.99. The fourth-order valence-corrected chi connectivity index (χ4v) is 2.96. The van der Waals surface area contributed by atoms with Gasteiger partial charge in [0.25, 0.3) is 0 Å². The molecule has 0 bridgehead atoms. The number of hydrogen-bond donors (Lipinski definition) is 2. The van der Waals surface area contributed by atoms with Crippen molar-refractivity contribution < 1.29 is 13.9 Å². The Labute approximate surface area is 160 Å². The summed E-state index contributed by atoms with van der Waals surface area (Å²) in [6.45, 7) is 0. The molecule has 0 aliphatic rings. The fraction of sp³-hybridized carbons (Fsp3) is 0.100. The van der Waals surface area contributed by atoms with Gasteiger partial charge in [-0.3, -0.25) is 5.32 Å². The molecule has 3 rings (SSSR count). The molecule has 0 radical (unpaired) electrons. The second-order valence-corrected chi connectivity index (χ2v) is 6.28.